The quantitative estimate of drug-likeness (QED) is 0.734. The van der Waals surface area contributed by atoms with E-state index in [0.29, 0.717) is 32.5 Å². The van der Waals surface area contributed by atoms with Gasteiger partial charge in [-0.2, -0.15) is 4.31 Å². The molecule has 7 nitrogen and oxygen atoms in total. The van der Waals surface area contributed by atoms with Crippen LogP contribution in [0.5, 0.6) is 0 Å². The van der Waals surface area contributed by atoms with Crippen LogP contribution in [0.2, 0.25) is 0 Å². The Hall–Kier alpha value is -2.00. The zero-order valence-electron chi connectivity index (χ0n) is 16.7. The molecule has 0 N–H and O–H groups in total. The summed E-state index contributed by atoms with van der Waals surface area (Å²) >= 11 is 0. The largest absolute Gasteiger partial charge is 0.342 e. The Bertz CT molecular complexity index is 943. The highest BCUT2D eigenvalue weighted by atomic mass is 32.2. The second-order valence-corrected chi connectivity index (χ2v) is 10.1. The van der Waals surface area contributed by atoms with E-state index in [1.165, 1.54) is 29.4 Å². The topological polar surface area (TPSA) is 78.0 Å². The van der Waals surface area contributed by atoms with Crippen molar-refractivity contribution in [1.29, 1.82) is 0 Å². The zero-order chi connectivity index (χ0) is 21.0. The molecule has 0 aliphatic carbocycles. The van der Waals surface area contributed by atoms with Crippen molar-refractivity contribution in [3.63, 3.8) is 0 Å². The van der Waals surface area contributed by atoms with Gasteiger partial charge in [0.25, 0.3) is 0 Å². The van der Waals surface area contributed by atoms with Gasteiger partial charge in [0.05, 0.1) is 11.5 Å². The number of fused-ring (bicyclic) bond motifs is 2. The minimum absolute atomic E-state index is 0.0113. The molecule has 2 atom stereocenters. The van der Waals surface area contributed by atoms with Gasteiger partial charge < -0.3 is 9.80 Å². The highest BCUT2D eigenvalue weighted by Gasteiger charge is 2.61. The molecule has 0 aromatic heterocycles. The first kappa shape index (κ1) is 20.3. The number of carbonyl (C=O) groups is 2. The van der Waals surface area contributed by atoms with Gasteiger partial charge in [0, 0.05) is 45.6 Å². The molecule has 0 radical (unpaired) electrons. The predicted octanol–water partition coefficient (Wildman–Crippen LogP) is 1.31. The molecule has 2 amide bonds. The second-order valence-electron chi connectivity index (χ2n) is 8.16. The summed E-state index contributed by atoms with van der Waals surface area (Å²) in [7, 11) is -3.93. The van der Waals surface area contributed by atoms with Crippen LogP contribution < -0.4 is 0 Å². The fraction of sp³-hybridized carbons (Fsp3) is 0.600. The third kappa shape index (κ3) is 2.97. The van der Waals surface area contributed by atoms with Crippen LogP contribution >= 0.6 is 0 Å². The van der Waals surface area contributed by atoms with Crippen LogP contribution in [0, 0.1) is 17.7 Å². The Kier molecular flexibility index (Phi) is 4.93. The summed E-state index contributed by atoms with van der Waals surface area (Å²) in [5.41, 5.74) is -0.443. The Morgan fingerprint density at radius 2 is 1.86 bits per heavy atom. The second kappa shape index (κ2) is 7.05. The Morgan fingerprint density at radius 1 is 1.21 bits per heavy atom. The van der Waals surface area contributed by atoms with Crippen molar-refractivity contribution in [3.05, 3.63) is 30.1 Å². The molecule has 0 saturated carbocycles. The van der Waals surface area contributed by atoms with Crippen LogP contribution in [0.3, 0.4) is 0 Å². The van der Waals surface area contributed by atoms with Crippen LogP contribution in [0.4, 0.5) is 4.39 Å². The van der Waals surface area contributed by atoms with E-state index >= 15 is 0 Å². The van der Waals surface area contributed by atoms with E-state index in [9.17, 15) is 22.4 Å². The summed E-state index contributed by atoms with van der Waals surface area (Å²) in [6.07, 6.45) is 0.986. The SMILES string of the molecule is CCN1C(=O)[C@H]2CN(C(C)=O)C[C@H]2C12CCN(S(=O)(=O)c1ccccc1F)CC2. The van der Waals surface area contributed by atoms with Crippen molar-refractivity contribution in [2.45, 2.75) is 37.1 Å². The average Bonchev–Trinajstić information content (AvgIpc) is 3.22. The van der Waals surface area contributed by atoms with Crippen LogP contribution in [0.15, 0.2) is 29.2 Å². The lowest BCUT2D eigenvalue weighted by Crippen LogP contribution is -2.57. The molecule has 9 heteroatoms. The molecule has 29 heavy (non-hydrogen) atoms. The van der Waals surface area contributed by atoms with E-state index in [0.717, 1.165) is 6.07 Å². The fourth-order valence-corrected chi connectivity index (χ4v) is 7.00. The first-order valence-electron chi connectivity index (χ1n) is 10.0. The summed E-state index contributed by atoms with van der Waals surface area (Å²) in [5, 5.41) is 0. The van der Waals surface area contributed by atoms with Crippen LogP contribution in [0.1, 0.15) is 26.7 Å². The highest BCUT2D eigenvalue weighted by molar-refractivity contribution is 7.89. The fourth-order valence-electron chi connectivity index (χ4n) is 5.49. The van der Waals surface area contributed by atoms with Gasteiger partial charge in [-0.3, -0.25) is 9.59 Å². The predicted molar refractivity (Wildman–Crippen MR) is 104 cm³/mol. The summed E-state index contributed by atoms with van der Waals surface area (Å²) in [4.78, 5) is 28.2. The smallest absolute Gasteiger partial charge is 0.245 e. The standard InChI is InChI=1S/C20H26FN3O4S/c1-3-24-19(26)15-12-22(14(2)25)13-16(15)20(24)8-10-23(11-9-20)29(27,28)18-7-5-4-6-17(18)21/h4-7,15-16H,3,8-13H2,1-2H3/t15-,16+/m0/s1. The van der Waals surface area contributed by atoms with Gasteiger partial charge in [-0.1, -0.05) is 12.1 Å². The van der Waals surface area contributed by atoms with Gasteiger partial charge in [0.2, 0.25) is 21.8 Å². The Balaban J connectivity index is 1.59. The van der Waals surface area contributed by atoms with Crippen molar-refractivity contribution < 1.29 is 22.4 Å². The molecule has 3 aliphatic heterocycles. The summed E-state index contributed by atoms with van der Waals surface area (Å²) in [6.45, 7) is 5.43. The minimum Gasteiger partial charge on any atom is -0.342 e. The first-order chi connectivity index (χ1) is 13.7. The average molecular weight is 424 g/mol. The molecule has 3 saturated heterocycles. The lowest BCUT2D eigenvalue weighted by atomic mass is 9.75. The molecule has 1 aromatic carbocycles. The number of sulfonamides is 1. The number of carbonyl (C=O) groups excluding carboxylic acids is 2. The normalized spacial score (nSPS) is 26.9. The first-order valence-corrected chi connectivity index (χ1v) is 11.5. The number of hydrogen-bond donors (Lipinski definition) is 0. The molecular weight excluding hydrogens is 397 g/mol. The Morgan fingerprint density at radius 3 is 2.45 bits per heavy atom. The van der Waals surface area contributed by atoms with E-state index in [1.54, 1.807) is 4.90 Å². The number of likely N-dealkylation sites (tertiary alicyclic amines) is 2. The molecule has 3 heterocycles. The molecule has 0 bridgehead atoms. The van der Waals surface area contributed by atoms with Crippen LogP contribution in [0.25, 0.3) is 0 Å². The number of nitrogens with zero attached hydrogens (tertiary/aromatic N) is 3. The highest BCUT2D eigenvalue weighted by Crippen LogP contribution is 2.50. The van der Waals surface area contributed by atoms with Gasteiger partial charge in [0.1, 0.15) is 10.7 Å². The van der Waals surface area contributed by atoms with E-state index in [1.807, 2.05) is 11.8 Å². The third-order valence-corrected chi connectivity index (χ3v) is 8.87. The molecule has 1 aromatic rings. The molecular formula is C20H26FN3O4S. The van der Waals surface area contributed by atoms with Gasteiger partial charge in [0.15, 0.2) is 0 Å². The van der Waals surface area contributed by atoms with Crippen molar-refractivity contribution >= 4 is 21.8 Å². The lowest BCUT2D eigenvalue weighted by molar-refractivity contribution is -0.136. The van der Waals surface area contributed by atoms with E-state index in [4.69, 9.17) is 0 Å². The lowest BCUT2D eigenvalue weighted by Gasteiger charge is -2.47. The number of piperidine rings is 1. The monoisotopic (exact) mass is 423 g/mol. The molecule has 3 aliphatic rings. The van der Waals surface area contributed by atoms with Crippen LogP contribution in [-0.4, -0.2) is 72.6 Å². The molecule has 0 unspecified atom stereocenters. The van der Waals surface area contributed by atoms with E-state index in [2.05, 4.69) is 0 Å². The number of amides is 2. The molecule has 158 valence electrons. The van der Waals surface area contributed by atoms with Crippen molar-refractivity contribution in [2.24, 2.45) is 11.8 Å². The number of benzene rings is 1. The van der Waals surface area contributed by atoms with E-state index in [-0.39, 0.29) is 41.6 Å². The zero-order valence-corrected chi connectivity index (χ0v) is 17.5. The maximum absolute atomic E-state index is 14.1. The van der Waals surface area contributed by atoms with Gasteiger partial charge in [-0.25, -0.2) is 12.8 Å². The number of rotatable bonds is 3. The maximum atomic E-state index is 14.1. The Labute approximate surface area is 170 Å². The van der Waals surface area contributed by atoms with Crippen molar-refractivity contribution in [2.75, 3.05) is 32.7 Å². The minimum atomic E-state index is -3.93. The van der Waals surface area contributed by atoms with E-state index < -0.39 is 21.4 Å². The summed E-state index contributed by atoms with van der Waals surface area (Å²) < 4.78 is 41.3. The summed E-state index contributed by atoms with van der Waals surface area (Å²) in [5.74, 6) is -0.936. The maximum Gasteiger partial charge on any atom is 0.245 e. The van der Waals surface area contributed by atoms with Crippen molar-refractivity contribution in [1.82, 2.24) is 14.1 Å². The van der Waals surface area contributed by atoms with Gasteiger partial charge >= 0.3 is 0 Å². The van der Waals surface area contributed by atoms with Gasteiger partial charge in [-0.15, -0.1) is 0 Å². The van der Waals surface area contributed by atoms with Crippen molar-refractivity contribution in [3.8, 4) is 0 Å². The third-order valence-electron chi connectivity index (χ3n) is 6.94. The summed E-state index contributed by atoms with van der Waals surface area (Å²) in [6, 6.07) is 5.40. The molecule has 1 spiro atoms. The number of hydrogen-bond acceptors (Lipinski definition) is 4. The molecule has 3 fully saturated rings. The number of halogens is 1. The molecule has 4 rings (SSSR count). The van der Waals surface area contributed by atoms with Gasteiger partial charge in [-0.05, 0) is 31.9 Å². The van der Waals surface area contributed by atoms with Crippen LogP contribution in [-0.2, 0) is 19.6 Å².